The van der Waals surface area contributed by atoms with Gasteiger partial charge in [0.1, 0.15) is 5.76 Å². The summed E-state index contributed by atoms with van der Waals surface area (Å²) in [5.41, 5.74) is 0. The number of carboxylic acids is 1. The first-order valence-corrected chi connectivity index (χ1v) is 6.28. The van der Waals surface area contributed by atoms with Crippen molar-refractivity contribution in [2.75, 3.05) is 13.1 Å². The van der Waals surface area contributed by atoms with E-state index in [4.69, 9.17) is 9.52 Å². The van der Waals surface area contributed by atoms with Crippen LogP contribution in [0.25, 0.3) is 0 Å². The van der Waals surface area contributed by atoms with E-state index in [1.54, 1.807) is 6.07 Å². The van der Waals surface area contributed by atoms with Gasteiger partial charge < -0.3 is 14.6 Å². The number of aromatic carboxylic acids is 1. The molecular weight excluding hydrogens is 234 g/mol. The van der Waals surface area contributed by atoms with Gasteiger partial charge in [0.15, 0.2) is 0 Å². The lowest BCUT2D eigenvalue weighted by molar-refractivity contribution is 0.0628. The van der Waals surface area contributed by atoms with Gasteiger partial charge in [-0.15, -0.1) is 0 Å². The van der Waals surface area contributed by atoms with Crippen LogP contribution in [0.1, 0.15) is 36.1 Å². The van der Waals surface area contributed by atoms with Crippen LogP contribution >= 0.6 is 0 Å². The summed E-state index contributed by atoms with van der Waals surface area (Å²) in [6, 6.07) is 3.20. The Hall–Kier alpha value is -1.33. The van der Waals surface area contributed by atoms with Crippen LogP contribution in [-0.4, -0.2) is 40.3 Å². The summed E-state index contributed by atoms with van der Waals surface area (Å²) in [4.78, 5) is 12.9. The summed E-state index contributed by atoms with van der Waals surface area (Å²) < 4.78 is 5.23. The molecule has 1 aromatic rings. The van der Waals surface area contributed by atoms with Gasteiger partial charge >= 0.3 is 5.97 Å². The van der Waals surface area contributed by atoms with Crippen molar-refractivity contribution < 1.29 is 19.4 Å². The average Bonchev–Trinajstić information content (AvgIpc) is 2.78. The lowest BCUT2D eigenvalue weighted by atomic mass is 9.92. The van der Waals surface area contributed by atoms with Gasteiger partial charge in [0.05, 0.1) is 12.6 Å². The summed E-state index contributed by atoms with van der Waals surface area (Å²) in [6.07, 6.45) is 1.71. The maximum Gasteiger partial charge on any atom is 0.371 e. The van der Waals surface area contributed by atoms with Crippen LogP contribution in [0.2, 0.25) is 0 Å². The number of piperidine rings is 1. The Kier molecular flexibility index (Phi) is 4.04. The standard InChI is InChI=1S/C13H19NO4/c1-9(15)10-4-6-14(7-5-10)8-11-2-3-12(18-11)13(16)17/h2-3,9-10,15H,4-8H2,1H3,(H,16,17). The Morgan fingerprint density at radius 3 is 2.67 bits per heavy atom. The lowest BCUT2D eigenvalue weighted by Crippen LogP contribution is -2.36. The SMILES string of the molecule is CC(O)C1CCN(Cc2ccc(C(=O)O)o2)CC1. The number of nitrogens with zero attached hydrogens (tertiary/aromatic N) is 1. The molecular formula is C13H19NO4. The van der Waals surface area contributed by atoms with Crippen molar-refractivity contribution in [3.63, 3.8) is 0 Å². The Balaban J connectivity index is 1.85. The molecule has 0 bridgehead atoms. The molecule has 1 unspecified atom stereocenters. The van der Waals surface area contributed by atoms with E-state index in [1.807, 2.05) is 6.92 Å². The third kappa shape index (κ3) is 3.11. The minimum absolute atomic E-state index is 0.0103. The zero-order valence-corrected chi connectivity index (χ0v) is 10.5. The molecule has 2 heterocycles. The normalized spacial score (nSPS) is 19.9. The van der Waals surface area contributed by atoms with Gasteiger partial charge in [0.25, 0.3) is 0 Å². The number of rotatable bonds is 4. The van der Waals surface area contributed by atoms with E-state index >= 15 is 0 Å². The van der Waals surface area contributed by atoms with Crippen molar-refractivity contribution in [2.24, 2.45) is 5.92 Å². The van der Waals surface area contributed by atoms with Crippen LogP contribution in [0.3, 0.4) is 0 Å². The van der Waals surface area contributed by atoms with Gasteiger partial charge in [-0.25, -0.2) is 4.79 Å². The van der Waals surface area contributed by atoms with E-state index < -0.39 is 5.97 Å². The molecule has 1 saturated heterocycles. The second kappa shape index (κ2) is 5.54. The van der Waals surface area contributed by atoms with Crippen LogP contribution in [0.15, 0.2) is 16.5 Å². The monoisotopic (exact) mass is 253 g/mol. The molecule has 5 heteroatoms. The molecule has 1 aromatic heterocycles. The van der Waals surface area contributed by atoms with Gasteiger partial charge in [-0.1, -0.05) is 0 Å². The summed E-state index contributed by atoms with van der Waals surface area (Å²) in [5, 5.41) is 18.3. The van der Waals surface area contributed by atoms with E-state index in [0.29, 0.717) is 18.2 Å². The highest BCUT2D eigenvalue weighted by atomic mass is 16.4. The van der Waals surface area contributed by atoms with Crippen molar-refractivity contribution in [1.29, 1.82) is 0 Å². The minimum atomic E-state index is -1.03. The van der Waals surface area contributed by atoms with Crippen molar-refractivity contribution >= 4 is 5.97 Å². The largest absolute Gasteiger partial charge is 0.475 e. The molecule has 2 N–H and O–H groups in total. The molecule has 0 aromatic carbocycles. The number of furan rings is 1. The van der Waals surface area contributed by atoms with Gasteiger partial charge in [-0.05, 0) is 50.9 Å². The average molecular weight is 253 g/mol. The van der Waals surface area contributed by atoms with E-state index in [-0.39, 0.29) is 11.9 Å². The molecule has 1 fully saturated rings. The fraction of sp³-hybridized carbons (Fsp3) is 0.615. The van der Waals surface area contributed by atoms with E-state index in [2.05, 4.69) is 4.90 Å². The number of carbonyl (C=O) groups is 1. The van der Waals surface area contributed by atoms with Gasteiger partial charge in [0, 0.05) is 0 Å². The first kappa shape index (κ1) is 13.1. The lowest BCUT2D eigenvalue weighted by Gasteiger charge is -2.32. The maximum atomic E-state index is 10.7. The van der Waals surface area contributed by atoms with Crippen molar-refractivity contribution in [1.82, 2.24) is 4.90 Å². The Morgan fingerprint density at radius 1 is 1.50 bits per heavy atom. The number of hydrogen-bond donors (Lipinski definition) is 2. The van der Waals surface area contributed by atoms with Gasteiger partial charge in [-0.3, -0.25) is 4.90 Å². The highest BCUT2D eigenvalue weighted by Crippen LogP contribution is 2.22. The highest BCUT2D eigenvalue weighted by molar-refractivity contribution is 5.84. The maximum absolute atomic E-state index is 10.7. The Morgan fingerprint density at radius 2 is 2.17 bits per heavy atom. The highest BCUT2D eigenvalue weighted by Gasteiger charge is 2.23. The smallest absolute Gasteiger partial charge is 0.371 e. The number of carboxylic acid groups (broad SMARTS) is 1. The van der Waals surface area contributed by atoms with Crippen LogP contribution in [0, 0.1) is 5.92 Å². The predicted molar refractivity (Wildman–Crippen MR) is 65.3 cm³/mol. The third-order valence-electron chi connectivity index (χ3n) is 3.57. The second-order valence-corrected chi connectivity index (χ2v) is 4.93. The molecule has 0 amide bonds. The molecule has 0 saturated carbocycles. The quantitative estimate of drug-likeness (QED) is 0.852. The second-order valence-electron chi connectivity index (χ2n) is 4.93. The number of aliphatic hydroxyl groups excluding tert-OH is 1. The molecule has 1 aliphatic rings. The number of likely N-dealkylation sites (tertiary alicyclic amines) is 1. The van der Waals surface area contributed by atoms with Gasteiger partial charge in [0.2, 0.25) is 5.76 Å². The fourth-order valence-corrected chi connectivity index (χ4v) is 2.39. The van der Waals surface area contributed by atoms with Gasteiger partial charge in [-0.2, -0.15) is 0 Å². The summed E-state index contributed by atoms with van der Waals surface area (Å²) in [5.74, 6) is 0.0215. The molecule has 5 nitrogen and oxygen atoms in total. The topological polar surface area (TPSA) is 73.9 Å². The van der Waals surface area contributed by atoms with Crippen LogP contribution < -0.4 is 0 Å². The minimum Gasteiger partial charge on any atom is -0.475 e. The first-order chi connectivity index (χ1) is 8.56. The first-order valence-electron chi connectivity index (χ1n) is 6.28. The Labute approximate surface area is 106 Å². The fourth-order valence-electron chi connectivity index (χ4n) is 2.39. The molecule has 0 spiro atoms. The molecule has 0 aliphatic carbocycles. The van der Waals surface area contributed by atoms with Crippen LogP contribution in [0.4, 0.5) is 0 Å². The zero-order valence-electron chi connectivity index (χ0n) is 10.5. The molecule has 1 aliphatic heterocycles. The summed E-state index contributed by atoms with van der Waals surface area (Å²) in [6.45, 7) is 4.31. The molecule has 18 heavy (non-hydrogen) atoms. The molecule has 100 valence electrons. The summed E-state index contributed by atoms with van der Waals surface area (Å²) >= 11 is 0. The molecule has 0 radical (unpaired) electrons. The predicted octanol–water partition coefficient (Wildman–Crippen LogP) is 1.57. The van der Waals surface area contributed by atoms with E-state index in [1.165, 1.54) is 6.07 Å². The number of aliphatic hydroxyl groups is 1. The van der Waals surface area contributed by atoms with E-state index in [9.17, 15) is 9.90 Å². The number of hydrogen-bond acceptors (Lipinski definition) is 4. The Bertz CT molecular complexity index is 405. The van der Waals surface area contributed by atoms with Crippen molar-refractivity contribution in [3.05, 3.63) is 23.7 Å². The zero-order chi connectivity index (χ0) is 13.1. The van der Waals surface area contributed by atoms with Crippen LogP contribution in [0.5, 0.6) is 0 Å². The van der Waals surface area contributed by atoms with Crippen molar-refractivity contribution in [3.8, 4) is 0 Å². The van der Waals surface area contributed by atoms with Crippen LogP contribution in [-0.2, 0) is 6.54 Å². The summed E-state index contributed by atoms with van der Waals surface area (Å²) in [7, 11) is 0. The molecule has 2 rings (SSSR count). The van der Waals surface area contributed by atoms with Crippen molar-refractivity contribution in [2.45, 2.75) is 32.4 Å². The third-order valence-corrected chi connectivity index (χ3v) is 3.57. The van der Waals surface area contributed by atoms with E-state index in [0.717, 1.165) is 25.9 Å². The molecule has 1 atom stereocenters.